The molecule has 2 N–H and O–H groups in total. The van der Waals surface area contributed by atoms with Crippen molar-refractivity contribution < 1.29 is 23.5 Å². The molecule has 4 atom stereocenters. The number of carbonyl (C=O) groups excluding carboxylic acids is 2. The van der Waals surface area contributed by atoms with Crippen molar-refractivity contribution in [2.75, 3.05) is 12.4 Å². The Bertz CT molecular complexity index is 1490. The standard InChI is InChI=1S/C34H37FN2O4/c1-20-8-6-11-25(14-20)36-33(39)30-22-12-13-23(16-22)31(30)37-32(38)26-17-29(27(35)18-28(26)40-5)41-19-21-9-7-10-24(15-21)34(2,3)4/h6-15,17-18,22-23,30-31H,16,19H2,1-5H3,(H,36,39)(H,37,38)/t22-,23+,30+,31-/m1/s1. The molecule has 2 aliphatic rings. The van der Waals surface area contributed by atoms with E-state index in [0.717, 1.165) is 28.8 Å². The molecule has 5 rings (SSSR count). The molecule has 0 saturated heterocycles. The highest BCUT2D eigenvalue weighted by Crippen LogP contribution is 2.44. The minimum atomic E-state index is -0.622. The number of hydrogen-bond donors (Lipinski definition) is 2. The van der Waals surface area contributed by atoms with Crippen LogP contribution in [0.4, 0.5) is 10.1 Å². The van der Waals surface area contributed by atoms with Crippen LogP contribution < -0.4 is 20.1 Å². The van der Waals surface area contributed by atoms with Gasteiger partial charge >= 0.3 is 0 Å². The van der Waals surface area contributed by atoms with E-state index in [-0.39, 0.29) is 46.8 Å². The van der Waals surface area contributed by atoms with E-state index in [9.17, 15) is 14.0 Å². The van der Waals surface area contributed by atoms with Gasteiger partial charge in [0.05, 0.1) is 18.6 Å². The number of allylic oxidation sites excluding steroid dienone is 1. The second kappa shape index (κ2) is 11.4. The lowest BCUT2D eigenvalue weighted by Crippen LogP contribution is -2.47. The van der Waals surface area contributed by atoms with Crippen molar-refractivity contribution in [1.29, 1.82) is 0 Å². The Balaban J connectivity index is 1.34. The fraction of sp³-hybridized carbons (Fsp3) is 0.353. The second-order valence-corrected chi connectivity index (χ2v) is 12.1. The largest absolute Gasteiger partial charge is 0.496 e. The zero-order valence-electron chi connectivity index (χ0n) is 24.2. The summed E-state index contributed by atoms with van der Waals surface area (Å²) in [6.45, 7) is 8.50. The summed E-state index contributed by atoms with van der Waals surface area (Å²) in [6, 6.07) is 17.8. The van der Waals surface area contributed by atoms with E-state index >= 15 is 0 Å². The molecule has 1 saturated carbocycles. The first kappa shape index (κ1) is 28.4. The van der Waals surface area contributed by atoms with Gasteiger partial charge in [0, 0.05) is 17.8 Å². The second-order valence-electron chi connectivity index (χ2n) is 12.1. The van der Waals surface area contributed by atoms with Crippen molar-refractivity contribution in [2.45, 2.75) is 52.2 Å². The Labute approximate surface area is 240 Å². The highest BCUT2D eigenvalue weighted by Gasteiger charge is 2.49. The molecule has 2 aliphatic carbocycles. The fourth-order valence-corrected chi connectivity index (χ4v) is 5.83. The maximum Gasteiger partial charge on any atom is 0.255 e. The summed E-state index contributed by atoms with van der Waals surface area (Å²) in [5.74, 6) is -1.50. The molecule has 1 fully saturated rings. The van der Waals surface area contributed by atoms with Crippen LogP contribution in [0.1, 0.15) is 54.2 Å². The number of anilines is 1. The van der Waals surface area contributed by atoms with E-state index in [4.69, 9.17) is 9.47 Å². The van der Waals surface area contributed by atoms with E-state index in [1.165, 1.54) is 19.2 Å². The molecule has 0 aliphatic heterocycles. The van der Waals surface area contributed by atoms with Crippen LogP contribution in [0.5, 0.6) is 11.5 Å². The van der Waals surface area contributed by atoms with Crippen LogP contribution >= 0.6 is 0 Å². The number of benzene rings is 3. The third-order valence-corrected chi connectivity index (χ3v) is 8.03. The molecule has 0 radical (unpaired) electrons. The van der Waals surface area contributed by atoms with Gasteiger partial charge in [0.1, 0.15) is 12.4 Å². The lowest BCUT2D eigenvalue weighted by Gasteiger charge is -2.28. The van der Waals surface area contributed by atoms with Crippen molar-refractivity contribution >= 4 is 17.5 Å². The van der Waals surface area contributed by atoms with Crippen molar-refractivity contribution in [3.05, 3.63) is 101 Å². The molecule has 214 valence electrons. The average molecular weight is 557 g/mol. The summed E-state index contributed by atoms with van der Waals surface area (Å²) in [5, 5.41) is 6.08. The molecule has 7 heteroatoms. The maximum atomic E-state index is 15.0. The molecule has 41 heavy (non-hydrogen) atoms. The predicted octanol–water partition coefficient (Wildman–Crippen LogP) is 6.58. The van der Waals surface area contributed by atoms with Gasteiger partial charge in [0.25, 0.3) is 5.91 Å². The van der Waals surface area contributed by atoms with Gasteiger partial charge in [-0.15, -0.1) is 0 Å². The summed E-state index contributed by atoms with van der Waals surface area (Å²) in [4.78, 5) is 27.0. The van der Waals surface area contributed by atoms with Crippen LogP contribution in [0.25, 0.3) is 0 Å². The smallest absolute Gasteiger partial charge is 0.255 e. The SMILES string of the molecule is COc1cc(F)c(OCc2cccc(C(C)(C)C)c2)cc1C(=O)N[C@H]1[C@@H](C(=O)Nc2cccc(C)c2)[C@@H]2C=C[C@H]1C2. The number of hydrogen-bond acceptors (Lipinski definition) is 4. The van der Waals surface area contributed by atoms with Crippen molar-refractivity contribution in [1.82, 2.24) is 5.32 Å². The zero-order chi connectivity index (χ0) is 29.3. The average Bonchev–Trinajstić information content (AvgIpc) is 3.54. The number of rotatable bonds is 8. The molecule has 2 amide bonds. The third kappa shape index (κ3) is 6.14. The molecular weight excluding hydrogens is 519 g/mol. The molecule has 6 nitrogen and oxygen atoms in total. The number of halogens is 1. The van der Waals surface area contributed by atoms with Crippen LogP contribution in [-0.4, -0.2) is 25.0 Å². The molecule has 0 spiro atoms. The topological polar surface area (TPSA) is 76.7 Å². The molecule has 0 aromatic heterocycles. The molecule has 3 aromatic carbocycles. The van der Waals surface area contributed by atoms with Gasteiger partial charge in [0.2, 0.25) is 5.91 Å². The first-order chi connectivity index (χ1) is 19.5. The molecule has 3 aromatic rings. The summed E-state index contributed by atoms with van der Waals surface area (Å²) in [7, 11) is 1.39. The Kier molecular flexibility index (Phi) is 7.89. The quantitative estimate of drug-likeness (QED) is 0.308. The summed E-state index contributed by atoms with van der Waals surface area (Å²) in [6.07, 6.45) is 4.92. The highest BCUT2D eigenvalue weighted by molar-refractivity contribution is 5.99. The normalized spacial score (nSPS) is 21.0. The van der Waals surface area contributed by atoms with Crippen molar-refractivity contribution in [3.8, 4) is 11.5 Å². The first-order valence-electron chi connectivity index (χ1n) is 14.0. The van der Waals surface area contributed by atoms with Crippen LogP contribution in [0.3, 0.4) is 0 Å². The Morgan fingerprint density at radius 1 is 0.976 bits per heavy atom. The third-order valence-electron chi connectivity index (χ3n) is 8.03. The number of amides is 2. The Morgan fingerprint density at radius 3 is 2.46 bits per heavy atom. The number of methoxy groups -OCH3 is 1. The maximum absolute atomic E-state index is 15.0. The van der Waals surface area contributed by atoms with E-state index < -0.39 is 23.7 Å². The first-order valence-corrected chi connectivity index (χ1v) is 14.0. The van der Waals surface area contributed by atoms with Gasteiger partial charge in [-0.3, -0.25) is 9.59 Å². The summed E-state index contributed by atoms with van der Waals surface area (Å²) >= 11 is 0. The fourth-order valence-electron chi connectivity index (χ4n) is 5.83. The van der Waals surface area contributed by atoms with Gasteiger partial charge in [-0.25, -0.2) is 4.39 Å². The predicted molar refractivity (Wildman–Crippen MR) is 158 cm³/mol. The zero-order valence-corrected chi connectivity index (χ0v) is 24.2. The van der Waals surface area contributed by atoms with E-state index in [0.29, 0.717) is 0 Å². The summed E-state index contributed by atoms with van der Waals surface area (Å²) in [5.41, 5.74) is 3.93. The molecule has 2 bridgehead atoms. The van der Waals surface area contributed by atoms with Crippen LogP contribution in [0.15, 0.2) is 72.8 Å². The van der Waals surface area contributed by atoms with Crippen LogP contribution in [0.2, 0.25) is 0 Å². The number of carbonyl (C=O) groups is 2. The number of aryl methyl sites for hydroxylation is 1. The van der Waals surface area contributed by atoms with Gasteiger partial charge in [-0.2, -0.15) is 0 Å². The van der Waals surface area contributed by atoms with Gasteiger partial charge < -0.3 is 20.1 Å². The summed E-state index contributed by atoms with van der Waals surface area (Å²) < 4.78 is 26.2. The van der Waals surface area contributed by atoms with Gasteiger partial charge in [-0.05, 0) is 65.5 Å². The van der Waals surface area contributed by atoms with E-state index in [2.05, 4.69) is 49.6 Å². The Hall–Kier alpha value is -4.13. The number of ether oxygens (including phenoxy) is 2. The van der Waals surface area contributed by atoms with Gasteiger partial charge in [0.15, 0.2) is 11.6 Å². The molecular formula is C34H37FN2O4. The lowest BCUT2D eigenvalue weighted by atomic mass is 9.86. The minimum absolute atomic E-state index is 0.0314. The van der Waals surface area contributed by atoms with Gasteiger partial charge in [-0.1, -0.05) is 69.3 Å². The highest BCUT2D eigenvalue weighted by atomic mass is 19.1. The van der Waals surface area contributed by atoms with Crippen molar-refractivity contribution in [3.63, 3.8) is 0 Å². The monoisotopic (exact) mass is 556 g/mol. The van der Waals surface area contributed by atoms with Crippen LogP contribution in [0, 0.1) is 30.5 Å². The number of nitrogens with one attached hydrogen (secondary N) is 2. The molecule has 0 heterocycles. The number of fused-ring (bicyclic) bond motifs is 2. The lowest BCUT2D eigenvalue weighted by molar-refractivity contribution is -0.121. The van der Waals surface area contributed by atoms with E-state index in [1.807, 2.05) is 49.4 Å². The Morgan fingerprint density at radius 2 is 1.73 bits per heavy atom. The molecule has 0 unspecified atom stereocenters. The minimum Gasteiger partial charge on any atom is -0.496 e. The van der Waals surface area contributed by atoms with Crippen molar-refractivity contribution in [2.24, 2.45) is 17.8 Å². The van der Waals surface area contributed by atoms with E-state index in [1.54, 1.807) is 0 Å². The van der Waals surface area contributed by atoms with Crippen LogP contribution in [-0.2, 0) is 16.8 Å².